The maximum Gasteiger partial charge on any atom is 0.220 e. The van der Waals surface area contributed by atoms with Crippen LogP contribution in [0.5, 0.6) is 0 Å². The summed E-state index contributed by atoms with van der Waals surface area (Å²) in [6.07, 6.45) is 1.33. The summed E-state index contributed by atoms with van der Waals surface area (Å²) in [6, 6.07) is 6.24. The summed E-state index contributed by atoms with van der Waals surface area (Å²) in [4.78, 5) is 11.6. The molecule has 0 atom stereocenters. The highest BCUT2D eigenvalue weighted by Crippen LogP contribution is 2.19. The van der Waals surface area contributed by atoms with E-state index in [0.717, 1.165) is 17.4 Å². The third-order valence-corrected chi connectivity index (χ3v) is 3.28. The fourth-order valence-electron chi connectivity index (χ4n) is 1.51. The summed E-state index contributed by atoms with van der Waals surface area (Å²) in [5.74, 6) is 0.635. The average molecular weight is 298 g/mol. The van der Waals surface area contributed by atoms with Crippen LogP contribution in [0.1, 0.15) is 31.4 Å². The van der Waals surface area contributed by atoms with Gasteiger partial charge in [0.15, 0.2) is 0 Å². The highest BCUT2D eigenvalue weighted by Gasteiger charge is 2.05. The highest BCUT2D eigenvalue weighted by molar-refractivity contribution is 9.10. The van der Waals surface area contributed by atoms with Crippen molar-refractivity contribution >= 4 is 21.8 Å². The van der Waals surface area contributed by atoms with Crippen molar-refractivity contribution < 1.29 is 4.79 Å². The van der Waals surface area contributed by atoms with Crippen LogP contribution in [-0.2, 0) is 11.2 Å². The second kappa shape index (κ2) is 6.80. The molecule has 0 aromatic heterocycles. The summed E-state index contributed by atoms with van der Waals surface area (Å²) >= 11 is 3.53. The van der Waals surface area contributed by atoms with Gasteiger partial charge in [-0.05, 0) is 36.5 Å². The topological polar surface area (TPSA) is 29.1 Å². The van der Waals surface area contributed by atoms with Gasteiger partial charge in [0.05, 0.1) is 0 Å². The van der Waals surface area contributed by atoms with Gasteiger partial charge >= 0.3 is 0 Å². The summed E-state index contributed by atoms with van der Waals surface area (Å²) in [5.41, 5.74) is 2.42. The van der Waals surface area contributed by atoms with Gasteiger partial charge in [0.1, 0.15) is 0 Å². The van der Waals surface area contributed by atoms with Crippen LogP contribution in [0.2, 0.25) is 0 Å². The van der Waals surface area contributed by atoms with Gasteiger partial charge in [-0.1, -0.05) is 41.9 Å². The van der Waals surface area contributed by atoms with E-state index in [1.54, 1.807) is 0 Å². The van der Waals surface area contributed by atoms with E-state index in [1.165, 1.54) is 11.1 Å². The van der Waals surface area contributed by atoms with E-state index in [2.05, 4.69) is 60.2 Å². The Kier molecular flexibility index (Phi) is 5.69. The molecule has 1 aromatic carbocycles. The van der Waals surface area contributed by atoms with Crippen LogP contribution in [0.3, 0.4) is 0 Å². The molecule has 1 aromatic rings. The molecule has 3 heteroatoms. The molecule has 1 amide bonds. The van der Waals surface area contributed by atoms with Crippen LogP contribution >= 0.6 is 15.9 Å². The van der Waals surface area contributed by atoms with Gasteiger partial charge in [-0.25, -0.2) is 0 Å². The molecule has 0 aliphatic heterocycles. The molecule has 0 saturated carbocycles. The minimum absolute atomic E-state index is 0.131. The largest absolute Gasteiger partial charge is 0.356 e. The van der Waals surface area contributed by atoms with Crippen molar-refractivity contribution in [2.45, 2.75) is 33.6 Å². The standard InChI is InChI=1S/C14H20BrNO/c1-10(2)9-16-14(17)7-6-12-5-4-11(3)8-13(12)15/h4-5,8,10H,6-7,9H2,1-3H3,(H,16,17). The molecule has 2 nitrogen and oxygen atoms in total. The normalized spacial score (nSPS) is 10.6. The minimum atomic E-state index is 0.131. The van der Waals surface area contributed by atoms with Gasteiger partial charge in [0.25, 0.3) is 0 Å². The molecular weight excluding hydrogens is 278 g/mol. The third kappa shape index (κ3) is 5.35. The fraction of sp³-hybridized carbons (Fsp3) is 0.500. The molecule has 0 aliphatic carbocycles. The number of hydrogen-bond donors (Lipinski definition) is 1. The van der Waals surface area contributed by atoms with E-state index < -0.39 is 0 Å². The molecule has 17 heavy (non-hydrogen) atoms. The maximum atomic E-state index is 11.6. The van der Waals surface area contributed by atoms with Crippen molar-refractivity contribution in [1.82, 2.24) is 5.32 Å². The lowest BCUT2D eigenvalue weighted by atomic mass is 10.1. The molecule has 0 bridgehead atoms. The maximum absolute atomic E-state index is 11.6. The molecule has 1 N–H and O–H groups in total. The van der Waals surface area contributed by atoms with Crippen LogP contribution in [0.4, 0.5) is 0 Å². The van der Waals surface area contributed by atoms with E-state index in [1.807, 2.05) is 0 Å². The van der Waals surface area contributed by atoms with Crippen LogP contribution in [0.25, 0.3) is 0 Å². The molecule has 0 aliphatic rings. The molecule has 0 spiro atoms. The van der Waals surface area contributed by atoms with Crippen LogP contribution in [-0.4, -0.2) is 12.5 Å². The van der Waals surface area contributed by atoms with Crippen molar-refractivity contribution in [2.75, 3.05) is 6.54 Å². The first-order valence-electron chi connectivity index (χ1n) is 6.00. The zero-order valence-corrected chi connectivity index (χ0v) is 12.3. The molecule has 0 heterocycles. The third-order valence-electron chi connectivity index (χ3n) is 2.54. The Labute approximate surface area is 112 Å². The SMILES string of the molecule is Cc1ccc(CCC(=O)NCC(C)C)c(Br)c1. The summed E-state index contributed by atoms with van der Waals surface area (Å²) in [7, 11) is 0. The quantitative estimate of drug-likeness (QED) is 0.886. The molecular formula is C14H20BrNO. The number of carbonyl (C=O) groups excluding carboxylic acids is 1. The van der Waals surface area contributed by atoms with Crippen LogP contribution in [0, 0.1) is 12.8 Å². The minimum Gasteiger partial charge on any atom is -0.356 e. The lowest BCUT2D eigenvalue weighted by Gasteiger charge is -2.08. The Morgan fingerprint density at radius 3 is 2.71 bits per heavy atom. The molecule has 0 saturated heterocycles. The first kappa shape index (κ1) is 14.2. The number of aryl methyl sites for hydroxylation is 2. The van der Waals surface area contributed by atoms with Crippen molar-refractivity contribution in [2.24, 2.45) is 5.92 Å². The summed E-state index contributed by atoms with van der Waals surface area (Å²) < 4.78 is 1.09. The van der Waals surface area contributed by atoms with Gasteiger partial charge < -0.3 is 5.32 Å². The van der Waals surface area contributed by atoms with Crippen molar-refractivity contribution in [3.8, 4) is 0 Å². The number of rotatable bonds is 5. The number of hydrogen-bond acceptors (Lipinski definition) is 1. The summed E-state index contributed by atoms with van der Waals surface area (Å²) in [6.45, 7) is 7.01. The monoisotopic (exact) mass is 297 g/mol. The fourth-order valence-corrected chi connectivity index (χ4v) is 2.20. The van der Waals surface area contributed by atoms with E-state index in [4.69, 9.17) is 0 Å². The van der Waals surface area contributed by atoms with Crippen molar-refractivity contribution in [1.29, 1.82) is 0 Å². The van der Waals surface area contributed by atoms with Gasteiger partial charge in [-0.2, -0.15) is 0 Å². The number of halogens is 1. The Morgan fingerprint density at radius 2 is 2.12 bits per heavy atom. The van der Waals surface area contributed by atoms with Gasteiger partial charge in [-0.3, -0.25) is 4.79 Å². The Balaban J connectivity index is 2.42. The molecule has 0 radical (unpaired) electrons. The number of benzene rings is 1. The zero-order valence-electron chi connectivity index (χ0n) is 10.7. The molecule has 0 unspecified atom stereocenters. The number of nitrogens with one attached hydrogen (secondary N) is 1. The van der Waals surface area contributed by atoms with E-state index in [-0.39, 0.29) is 5.91 Å². The smallest absolute Gasteiger partial charge is 0.220 e. The van der Waals surface area contributed by atoms with Gasteiger partial charge in [0, 0.05) is 17.4 Å². The second-order valence-corrected chi connectivity index (χ2v) is 5.65. The summed E-state index contributed by atoms with van der Waals surface area (Å²) in [5, 5.41) is 2.93. The molecule has 94 valence electrons. The van der Waals surface area contributed by atoms with E-state index in [9.17, 15) is 4.79 Å². The average Bonchev–Trinajstić information content (AvgIpc) is 2.25. The van der Waals surface area contributed by atoms with Crippen LogP contribution < -0.4 is 5.32 Å². The predicted octanol–water partition coefficient (Wildman–Crippen LogP) is 3.46. The van der Waals surface area contributed by atoms with Crippen LogP contribution in [0.15, 0.2) is 22.7 Å². The first-order valence-corrected chi connectivity index (χ1v) is 6.80. The zero-order chi connectivity index (χ0) is 12.8. The van der Waals surface area contributed by atoms with Crippen molar-refractivity contribution in [3.05, 3.63) is 33.8 Å². The van der Waals surface area contributed by atoms with E-state index in [0.29, 0.717) is 12.3 Å². The van der Waals surface area contributed by atoms with Gasteiger partial charge in [-0.15, -0.1) is 0 Å². The number of carbonyl (C=O) groups is 1. The Morgan fingerprint density at radius 1 is 1.41 bits per heavy atom. The second-order valence-electron chi connectivity index (χ2n) is 4.79. The highest BCUT2D eigenvalue weighted by atomic mass is 79.9. The predicted molar refractivity (Wildman–Crippen MR) is 75.0 cm³/mol. The van der Waals surface area contributed by atoms with Gasteiger partial charge in [0.2, 0.25) is 5.91 Å². The Hall–Kier alpha value is -0.830. The lowest BCUT2D eigenvalue weighted by Crippen LogP contribution is -2.27. The molecule has 0 fully saturated rings. The first-order chi connectivity index (χ1) is 7.99. The Bertz CT molecular complexity index is 388. The number of amides is 1. The molecule has 1 rings (SSSR count). The lowest BCUT2D eigenvalue weighted by molar-refractivity contribution is -0.121. The van der Waals surface area contributed by atoms with E-state index >= 15 is 0 Å². The van der Waals surface area contributed by atoms with Crippen molar-refractivity contribution in [3.63, 3.8) is 0 Å².